The maximum absolute atomic E-state index is 13.1. The summed E-state index contributed by atoms with van der Waals surface area (Å²) in [5.74, 6) is 0.377. The van der Waals surface area contributed by atoms with Gasteiger partial charge in [-0.1, -0.05) is 19.1 Å². The lowest BCUT2D eigenvalue weighted by Gasteiger charge is -2.34. The van der Waals surface area contributed by atoms with E-state index < -0.39 is 26.7 Å². The summed E-state index contributed by atoms with van der Waals surface area (Å²) in [6, 6.07) is 4.17. The molecular formula is C16H19F3N2O3S. The van der Waals surface area contributed by atoms with E-state index in [0.717, 1.165) is 28.9 Å². The van der Waals surface area contributed by atoms with Gasteiger partial charge in [-0.15, -0.1) is 0 Å². The second-order valence-electron chi connectivity index (χ2n) is 6.54. The third-order valence-electron chi connectivity index (χ3n) is 4.79. The molecular weight excluding hydrogens is 357 g/mol. The van der Waals surface area contributed by atoms with E-state index in [-0.39, 0.29) is 38.0 Å². The minimum absolute atomic E-state index is 0.00135. The number of nitrogens with zero attached hydrogens (tertiary/aromatic N) is 2. The summed E-state index contributed by atoms with van der Waals surface area (Å²) in [6.07, 6.45) is -3.90. The van der Waals surface area contributed by atoms with Crippen molar-refractivity contribution in [1.82, 2.24) is 9.21 Å². The van der Waals surface area contributed by atoms with E-state index in [2.05, 4.69) is 0 Å². The Bertz CT molecular complexity index is 771. The van der Waals surface area contributed by atoms with Crippen LogP contribution in [0.25, 0.3) is 0 Å². The van der Waals surface area contributed by atoms with Gasteiger partial charge in [0.15, 0.2) is 0 Å². The smallest absolute Gasteiger partial charge is 0.340 e. The number of rotatable bonds is 3. The number of piperazine rings is 1. The molecule has 1 aromatic rings. The quantitative estimate of drug-likeness (QED) is 0.813. The molecule has 0 radical (unpaired) electrons. The summed E-state index contributed by atoms with van der Waals surface area (Å²) in [7, 11) is -4.26. The Labute approximate surface area is 144 Å². The van der Waals surface area contributed by atoms with Crippen LogP contribution >= 0.6 is 0 Å². The lowest BCUT2D eigenvalue weighted by molar-refractivity contribution is -0.139. The van der Waals surface area contributed by atoms with Crippen LogP contribution in [0.15, 0.2) is 29.2 Å². The Hall–Kier alpha value is -1.61. The molecule has 1 aromatic carbocycles. The molecule has 1 saturated heterocycles. The molecule has 2 atom stereocenters. The van der Waals surface area contributed by atoms with Crippen LogP contribution in [0.2, 0.25) is 0 Å². The Balaban J connectivity index is 1.76. The summed E-state index contributed by atoms with van der Waals surface area (Å²) in [5, 5.41) is 0. The van der Waals surface area contributed by atoms with Gasteiger partial charge >= 0.3 is 6.18 Å². The molecule has 1 amide bonds. The summed E-state index contributed by atoms with van der Waals surface area (Å²) in [5.41, 5.74) is -1.17. The van der Waals surface area contributed by atoms with Gasteiger partial charge in [-0.2, -0.15) is 17.5 Å². The topological polar surface area (TPSA) is 57.7 Å². The maximum atomic E-state index is 13.1. The molecule has 138 valence electrons. The van der Waals surface area contributed by atoms with Gasteiger partial charge in [-0.05, 0) is 24.5 Å². The van der Waals surface area contributed by atoms with Crippen molar-refractivity contribution in [2.45, 2.75) is 24.4 Å². The Morgan fingerprint density at radius 1 is 1.12 bits per heavy atom. The van der Waals surface area contributed by atoms with Crippen molar-refractivity contribution >= 4 is 15.9 Å². The van der Waals surface area contributed by atoms with Crippen LogP contribution in [0, 0.1) is 11.8 Å². The lowest BCUT2D eigenvalue weighted by atomic mass is 10.2. The van der Waals surface area contributed by atoms with Gasteiger partial charge in [0.05, 0.1) is 10.5 Å². The van der Waals surface area contributed by atoms with Crippen molar-refractivity contribution in [2.24, 2.45) is 11.8 Å². The van der Waals surface area contributed by atoms with Gasteiger partial charge < -0.3 is 4.90 Å². The third-order valence-corrected chi connectivity index (χ3v) is 6.74. The van der Waals surface area contributed by atoms with Crippen LogP contribution in [-0.4, -0.2) is 49.7 Å². The highest BCUT2D eigenvalue weighted by atomic mass is 32.2. The van der Waals surface area contributed by atoms with E-state index in [9.17, 15) is 26.4 Å². The molecule has 1 heterocycles. The van der Waals surface area contributed by atoms with Crippen LogP contribution in [-0.2, 0) is 21.0 Å². The molecule has 2 fully saturated rings. The zero-order valence-electron chi connectivity index (χ0n) is 13.7. The molecule has 0 unspecified atom stereocenters. The van der Waals surface area contributed by atoms with E-state index in [1.807, 2.05) is 6.92 Å². The number of hydrogen-bond donors (Lipinski definition) is 0. The highest BCUT2D eigenvalue weighted by molar-refractivity contribution is 7.89. The second kappa shape index (κ2) is 6.28. The van der Waals surface area contributed by atoms with Gasteiger partial charge in [0.2, 0.25) is 15.9 Å². The largest absolute Gasteiger partial charge is 0.417 e. The predicted molar refractivity (Wildman–Crippen MR) is 84.1 cm³/mol. The molecule has 9 heteroatoms. The van der Waals surface area contributed by atoms with Gasteiger partial charge in [-0.3, -0.25) is 4.79 Å². The first-order chi connectivity index (χ1) is 11.6. The average Bonchev–Trinajstić information content (AvgIpc) is 3.30. The Morgan fingerprint density at radius 3 is 2.20 bits per heavy atom. The van der Waals surface area contributed by atoms with Gasteiger partial charge in [0.1, 0.15) is 0 Å². The summed E-state index contributed by atoms with van der Waals surface area (Å²) < 4.78 is 65.7. The first kappa shape index (κ1) is 18.2. The number of carbonyl (C=O) groups is 1. The third kappa shape index (κ3) is 3.52. The SMILES string of the molecule is C[C@H]1C[C@H]1C(=O)N1CCN(S(=O)(=O)c2ccccc2C(F)(F)F)CC1. The van der Waals surface area contributed by atoms with Crippen molar-refractivity contribution in [3.05, 3.63) is 29.8 Å². The first-order valence-electron chi connectivity index (χ1n) is 8.07. The van der Waals surface area contributed by atoms with Crippen molar-refractivity contribution in [3.8, 4) is 0 Å². The molecule has 0 N–H and O–H groups in total. The normalized spacial score (nSPS) is 25.0. The minimum Gasteiger partial charge on any atom is -0.340 e. The van der Waals surface area contributed by atoms with Gasteiger partial charge in [-0.25, -0.2) is 8.42 Å². The van der Waals surface area contributed by atoms with Crippen LogP contribution in [0.1, 0.15) is 18.9 Å². The zero-order valence-corrected chi connectivity index (χ0v) is 14.5. The number of alkyl halides is 3. The molecule has 1 aliphatic carbocycles. The summed E-state index contributed by atoms with van der Waals surface area (Å²) >= 11 is 0. The van der Waals surface area contributed by atoms with Crippen LogP contribution < -0.4 is 0 Å². The molecule has 3 rings (SSSR count). The van der Waals surface area contributed by atoms with E-state index >= 15 is 0 Å². The van der Waals surface area contributed by atoms with E-state index in [1.165, 1.54) is 6.07 Å². The number of sulfonamides is 1. The zero-order chi connectivity index (χ0) is 18.4. The van der Waals surface area contributed by atoms with Crippen molar-refractivity contribution < 1.29 is 26.4 Å². The van der Waals surface area contributed by atoms with Crippen molar-refractivity contribution in [1.29, 1.82) is 0 Å². The monoisotopic (exact) mass is 376 g/mol. The van der Waals surface area contributed by atoms with Gasteiger partial charge in [0.25, 0.3) is 0 Å². The van der Waals surface area contributed by atoms with E-state index in [0.29, 0.717) is 5.92 Å². The number of amides is 1. The Morgan fingerprint density at radius 2 is 1.68 bits per heavy atom. The predicted octanol–water partition coefficient (Wildman–Crippen LogP) is 2.19. The van der Waals surface area contributed by atoms with Crippen LogP contribution in [0.3, 0.4) is 0 Å². The average molecular weight is 376 g/mol. The fourth-order valence-corrected chi connectivity index (χ4v) is 4.75. The maximum Gasteiger partial charge on any atom is 0.417 e. The van der Waals surface area contributed by atoms with Crippen molar-refractivity contribution in [2.75, 3.05) is 26.2 Å². The molecule has 1 saturated carbocycles. The highest BCUT2D eigenvalue weighted by Crippen LogP contribution is 2.39. The number of halogens is 3. The molecule has 5 nitrogen and oxygen atoms in total. The van der Waals surface area contributed by atoms with E-state index in [1.54, 1.807) is 4.90 Å². The molecule has 0 aromatic heterocycles. The van der Waals surface area contributed by atoms with Crippen LogP contribution in [0.4, 0.5) is 13.2 Å². The molecule has 0 bridgehead atoms. The summed E-state index contributed by atoms with van der Waals surface area (Å²) in [4.78, 5) is 13.1. The first-order valence-corrected chi connectivity index (χ1v) is 9.51. The standard InChI is InChI=1S/C16H19F3N2O3S/c1-11-10-12(11)15(22)20-6-8-21(9-7-20)25(23,24)14-5-3-2-4-13(14)16(17,18)19/h2-5,11-12H,6-10H2,1H3/t11-,12+/m0/s1. The fourth-order valence-electron chi connectivity index (χ4n) is 3.11. The van der Waals surface area contributed by atoms with Crippen molar-refractivity contribution in [3.63, 3.8) is 0 Å². The number of carbonyl (C=O) groups excluding carboxylic acids is 1. The molecule has 2 aliphatic rings. The molecule has 25 heavy (non-hydrogen) atoms. The second-order valence-corrected chi connectivity index (χ2v) is 8.45. The molecule has 0 spiro atoms. The highest BCUT2D eigenvalue weighted by Gasteiger charge is 2.43. The minimum atomic E-state index is -4.75. The van der Waals surface area contributed by atoms with E-state index in [4.69, 9.17) is 0 Å². The van der Waals surface area contributed by atoms with Gasteiger partial charge in [0, 0.05) is 32.1 Å². The molecule has 1 aliphatic heterocycles. The Kier molecular flexibility index (Phi) is 4.57. The lowest BCUT2D eigenvalue weighted by Crippen LogP contribution is -2.51. The summed E-state index contributed by atoms with van der Waals surface area (Å²) in [6.45, 7) is 2.39. The number of benzene rings is 1. The fraction of sp³-hybridized carbons (Fsp3) is 0.562. The number of hydrogen-bond acceptors (Lipinski definition) is 3. The van der Waals surface area contributed by atoms with Crippen LogP contribution in [0.5, 0.6) is 0 Å².